The Balaban J connectivity index is 2.77. The highest BCUT2D eigenvalue weighted by Gasteiger charge is 2.12. The Labute approximate surface area is 78.4 Å². The van der Waals surface area contributed by atoms with Gasteiger partial charge in [0.25, 0.3) is 0 Å². The molecule has 0 saturated carbocycles. The average molecular weight is 180 g/mol. The van der Waals surface area contributed by atoms with Crippen LogP contribution < -0.4 is 11.5 Å². The van der Waals surface area contributed by atoms with Crippen molar-refractivity contribution in [1.29, 1.82) is 0 Å². The number of nitrogens with two attached hydrogens (primary N) is 2. The average Bonchev–Trinajstić information content (AvgIpc) is 2.17. The van der Waals surface area contributed by atoms with Crippen molar-refractivity contribution in [3.8, 4) is 5.75 Å². The second-order valence-electron chi connectivity index (χ2n) is 3.19. The smallest absolute Gasteiger partial charge is 0.115 e. The molecule has 0 spiro atoms. The van der Waals surface area contributed by atoms with Gasteiger partial charge in [0.2, 0.25) is 0 Å². The predicted molar refractivity (Wildman–Crippen MR) is 53.3 cm³/mol. The summed E-state index contributed by atoms with van der Waals surface area (Å²) in [5.41, 5.74) is 12.7. The Morgan fingerprint density at radius 2 is 1.77 bits per heavy atom. The van der Waals surface area contributed by atoms with Gasteiger partial charge >= 0.3 is 0 Å². The molecule has 0 aliphatic carbocycles. The molecule has 3 nitrogen and oxygen atoms in total. The zero-order chi connectivity index (χ0) is 9.84. The van der Waals surface area contributed by atoms with Crippen LogP contribution in [0.1, 0.15) is 24.9 Å². The zero-order valence-corrected chi connectivity index (χ0v) is 7.77. The van der Waals surface area contributed by atoms with E-state index in [2.05, 4.69) is 0 Å². The molecule has 13 heavy (non-hydrogen) atoms. The van der Waals surface area contributed by atoms with Crippen molar-refractivity contribution >= 4 is 0 Å². The molecule has 0 aliphatic heterocycles. The van der Waals surface area contributed by atoms with Crippen LogP contribution in [0.2, 0.25) is 0 Å². The van der Waals surface area contributed by atoms with Gasteiger partial charge in [-0.15, -0.1) is 0 Å². The minimum atomic E-state index is -0.148. The third kappa shape index (κ3) is 2.44. The van der Waals surface area contributed by atoms with Gasteiger partial charge in [0.05, 0.1) is 0 Å². The van der Waals surface area contributed by atoms with Gasteiger partial charge in [0.15, 0.2) is 0 Å². The van der Waals surface area contributed by atoms with E-state index in [0.717, 1.165) is 12.0 Å². The first-order valence-electron chi connectivity index (χ1n) is 4.45. The second-order valence-corrected chi connectivity index (χ2v) is 3.19. The summed E-state index contributed by atoms with van der Waals surface area (Å²) in [6, 6.07) is 6.68. The van der Waals surface area contributed by atoms with Gasteiger partial charge in [-0.25, -0.2) is 0 Å². The molecule has 0 fully saturated rings. The maximum absolute atomic E-state index is 9.06. The highest BCUT2D eigenvalue weighted by Crippen LogP contribution is 2.17. The molecule has 0 aliphatic rings. The standard InChI is InChI=1S/C10H16N2O/c1-2-9(11)10(12)7-3-5-8(13)6-4-7/h3-6,9-10,13H,2,11-12H2,1H3. The Morgan fingerprint density at radius 3 is 2.23 bits per heavy atom. The van der Waals surface area contributed by atoms with E-state index >= 15 is 0 Å². The second kappa shape index (κ2) is 4.25. The zero-order valence-electron chi connectivity index (χ0n) is 7.77. The minimum absolute atomic E-state index is 0.0236. The fourth-order valence-corrected chi connectivity index (χ4v) is 1.20. The number of phenolic OH excluding ortho intramolecular Hbond substituents is 1. The lowest BCUT2D eigenvalue weighted by molar-refractivity contribution is 0.473. The highest BCUT2D eigenvalue weighted by molar-refractivity contribution is 5.28. The van der Waals surface area contributed by atoms with Gasteiger partial charge in [-0.05, 0) is 24.1 Å². The summed E-state index contributed by atoms with van der Waals surface area (Å²) < 4.78 is 0. The van der Waals surface area contributed by atoms with E-state index < -0.39 is 0 Å². The van der Waals surface area contributed by atoms with Crippen molar-refractivity contribution in [1.82, 2.24) is 0 Å². The number of phenols is 1. The van der Waals surface area contributed by atoms with Gasteiger partial charge in [0, 0.05) is 12.1 Å². The number of rotatable bonds is 3. The molecule has 1 rings (SSSR count). The summed E-state index contributed by atoms with van der Waals surface area (Å²) in [7, 11) is 0. The molecular formula is C10H16N2O. The van der Waals surface area contributed by atoms with Crippen LogP contribution in [-0.2, 0) is 0 Å². The van der Waals surface area contributed by atoms with Gasteiger partial charge in [-0.2, -0.15) is 0 Å². The van der Waals surface area contributed by atoms with E-state index in [-0.39, 0.29) is 17.8 Å². The molecule has 0 amide bonds. The molecule has 2 unspecified atom stereocenters. The normalized spacial score (nSPS) is 15.3. The van der Waals surface area contributed by atoms with Gasteiger partial charge in [0.1, 0.15) is 5.75 Å². The van der Waals surface area contributed by atoms with E-state index in [4.69, 9.17) is 16.6 Å². The SMILES string of the molecule is CCC(N)C(N)c1ccc(O)cc1. The lowest BCUT2D eigenvalue weighted by atomic mass is 9.99. The molecule has 0 radical (unpaired) electrons. The number of hydrogen-bond donors (Lipinski definition) is 3. The summed E-state index contributed by atoms with van der Waals surface area (Å²) in [4.78, 5) is 0. The van der Waals surface area contributed by atoms with Crippen LogP contribution in [0.3, 0.4) is 0 Å². The van der Waals surface area contributed by atoms with Crippen molar-refractivity contribution in [2.24, 2.45) is 11.5 Å². The first-order chi connectivity index (χ1) is 6.15. The van der Waals surface area contributed by atoms with Crippen molar-refractivity contribution in [3.05, 3.63) is 29.8 Å². The first kappa shape index (κ1) is 10.0. The predicted octanol–water partition coefficient (Wildman–Crippen LogP) is 1.13. The van der Waals surface area contributed by atoms with Crippen LogP contribution in [-0.4, -0.2) is 11.1 Å². The van der Waals surface area contributed by atoms with E-state index in [1.807, 2.05) is 6.92 Å². The van der Waals surface area contributed by atoms with Crippen LogP contribution in [0.4, 0.5) is 0 Å². The Hall–Kier alpha value is -1.06. The molecular weight excluding hydrogens is 164 g/mol. The fourth-order valence-electron chi connectivity index (χ4n) is 1.20. The van der Waals surface area contributed by atoms with Crippen LogP contribution in [0.5, 0.6) is 5.75 Å². The Bertz CT molecular complexity index is 258. The van der Waals surface area contributed by atoms with E-state index in [1.165, 1.54) is 0 Å². The molecule has 2 atom stereocenters. The third-order valence-electron chi connectivity index (χ3n) is 2.21. The lowest BCUT2D eigenvalue weighted by Gasteiger charge is -2.18. The molecule has 5 N–H and O–H groups in total. The van der Waals surface area contributed by atoms with E-state index in [0.29, 0.717) is 0 Å². The monoisotopic (exact) mass is 180 g/mol. The van der Waals surface area contributed by atoms with Crippen molar-refractivity contribution < 1.29 is 5.11 Å². The Kier molecular flexibility index (Phi) is 3.28. The van der Waals surface area contributed by atoms with Gasteiger partial charge < -0.3 is 16.6 Å². The molecule has 0 bridgehead atoms. The maximum Gasteiger partial charge on any atom is 0.115 e. The Morgan fingerprint density at radius 1 is 1.23 bits per heavy atom. The largest absolute Gasteiger partial charge is 0.508 e. The van der Waals surface area contributed by atoms with Gasteiger partial charge in [-0.3, -0.25) is 0 Å². The summed E-state index contributed by atoms with van der Waals surface area (Å²) in [6.07, 6.45) is 0.849. The van der Waals surface area contributed by atoms with Crippen LogP contribution >= 0.6 is 0 Å². The first-order valence-corrected chi connectivity index (χ1v) is 4.45. The van der Waals surface area contributed by atoms with E-state index in [9.17, 15) is 0 Å². The van der Waals surface area contributed by atoms with Crippen LogP contribution in [0, 0.1) is 0 Å². The van der Waals surface area contributed by atoms with Crippen LogP contribution in [0.15, 0.2) is 24.3 Å². The minimum Gasteiger partial charge on any atom is -0.508 e. The van der Waals surface area contributed by atoms with E-state index in [1.54, 1.807) is 24.3 Å². The van der Waals surface area contributed by atoms with Crippen LogP contribution in [0.25, 0.3) is 0 Å². The van der Waals surface area contributed by atoms with Crippen molar-refractivity contribution in [2.75, 3.05) is 0 Å². The lowest BCUT2D eigenvalue weighted by Crippen LogP contribution is -2.33. The van der Waals surface area contributed by atoms with Crippen molar-refractivity contribution in [2.45, 2.75) is 25.4 Å². The molecule has 1 aromatic rings. The summed E-state index contributed by atoms with van der Waals surface area (Å²) >= 11 is 0. The maximum atomic E-state index is 9.06. The quantitative estimate of drug-likeness (QED) is 0.653. The number of aromatic hydroxyl groups is 1. The highest BCUT2D eigenvalue weighted by atomic mass is 16.3. The number of hydrogen-bond acceptors (Lipinski definition) is 3. The topological polar surface area (TPSA) is 72.3 Å². The molecule has 0 aromatic heterocycles. The third-order valence-corrected chi connectivity index (χ3v) is 2.21. The summed E-state index contributed by atoms with van der Waals surface area (Å²) in [5.74, 6) is 0.251. The molecule has 72 valence electrons. The van der Waals surface area contributed by atoms with Gasteiger partial charge in [-0.1, -0.05) is 19.1 Å². The van der Waals surface area contributed by atoms with Crippen molar-refractivity contribution in [3.63, 3.8) is 0 Å². The summed E-state index contributed by atoms with van der Waals surface area (Å²) in [6.45, 7) is 2.00. The number of benzene rings is 1. The molecule has 0 heterocycles. The molecule has 1 aromatic carbocycles. The summed E-state index contributed by atoms with van der Waals surface area (Å²) in [5, 5.41) is 9.06. The fraction of sp³-hybridized carbons (Fsp3) is 0.400. The molecule has 0 saturated heterocycles. The molecule has 3 heteroatoms.